The lowest BCUT2D eigenvalue weighted by Crippen LogP contribution is -2.29. The largest absolute Gasteiger partial charge is 0.368 e. The summed E-state index contributed by atoms with van der Waals surface area (Å²) in [6.45, 7) is 6.69. The van der Waals surface area contributed by atoms with Gasteiger partial charge in [-0.1, -0.05) is 17.7 Å². The summed E-state index contributed by atoms with van der Waals surface area (Å²) in [7, 11) is 0. The normalized spacial score (nSPS) is 10.8. The Morgan fingerprint density at radius 2 is 1.93 bits per heavy atom. The maximum Gasteiger partial charge on any atom is 0.220 e. The summed E-state index contributed by atoms with van der Waals surface area (Å²) in [6.07, 6.45) is 0.799. The van der Waals surface area contributed by atoms with Gasteiger partial charge < -0.3 is 10.6 Å². The Morgan fingerprint density at radius 3 is 2.63 bits per heavy atom. The monoisotopic (exact) mass is 430 g/mol. The number of hydrogen-bond donors (Lipinski definition) is 2. The Bertz CT molecular complexity index is 1050. The molecule has 158 valence electrons. The van der Waals surface area contributed by atoms with Gasteiger partial charge in [0.05, 0.1) is 10.7 Å². The number of halogens is 2. The highest BCUT2D eigenvalue weighted by Crippen LogP contribution is 2.17. The summed E-state index contributed by atoms with van der Waals surface area (Å²) in [6, 6.07) is 8.30. The first-order valence-electron chi connectivity index (χ1n) is 9.65. The van der Waals surface area contributed by atoms with Gasteiger partial charge in [-0.3, -0.25) is 4.79 Å². The van der Waals surface area contributed by atoms with E-state index < -0.39 is 5.82 Å². The number of benzene rings is 1. The van der Waals surface area contributed by atoms with Gasteiger partial charge in [0.1, 0.15) is 17.5 Å². The van der Waals surface area contributed by atoms with Crippen LogP contribution in [0.15, 0.2) is 30.3 Å². The first-order valence-corrected chi connectivity index (χ1v) is 10.0. The third kappa shape index (κ3) is 5.76. The highest BCUT2D eigenvalue weighted by molar-refractivity contribution is 6.30. The lowest BCUT2D eigenvalue weighted by molar-refractivity contribution is -0.120. The zero-order chi connectivity index (χ0) is 21.7. The van der Waals surface area contributed by atoms with Crippen molar-refractivity contribution in [2.75, 3.05) is 18.4 Å². The van der Waals surface area contributed by atoms with E-state index in [2.05, 4.69) is 25.7 Å². The summed E-state index contributed by atoms with van der Waals surface area (Å²) < 4.78 is 15.0. The van der Waals surface area contributed by atoms with Crippen LogP contribution in [-0.4, -0.2) is 38.7 Å². The molecule has 0 aliphatic heterocycles. The molecule has 2 aromatic heterocycles. The van der Waals surface area contributed by atoms with Gasteiger partial charge in [-0.05, 0) is 51.0 Å². The third-order valence-electron chi connectivity index (χ3n) is 4.43. The lowest BCUT2D eigenvalue weighted by atomic mass is 10.1. The Kier molecular flexibility index (Phi) is 6.99. The van der Waals surface area contributed by atoms with Crippen LogP contribution in [0, 0.1) is 26.6 Å². The highest BCUT2D eigenvalue weighted by atomic mass is 35.5. The number of amides is 1. The Balaban J connectivity index is 1.47. The minimum Gasteiger partial charge on any atom is -0.368 e. The topological polar surface area (TPSA) is 84.7 Å². The first kappa shape index (κ1) is 21.7. The van der Waals surface area contributed by atoms with Gasteiger partial charge in [-0.25, -0.2) is 19.0 Å². The number of aromatic nitrogens is 4. The number of carbonyl (C=O) groups excluding carboxylic acids is 1. The summed E-state index contributed by atoms with van der Waals surface area (Å²) in [5.74, 6) is 1.44. The summed E-state index contributed by atoms with van der Waals surface area (Å²) in [5.41, 5.74) is 2.73. The Morgan fingerprint density at radius 1 is 1.13 bits per heavy atom. The molecular weight excluding hydrogens is 407 g/mol. The molecule has 0 spiro atoms. The third-order valence-corrected chi connectivity index (χ3v) is 4.72. The van der Waals surface area contributed by atoms with Crippen molar-refractivity contribution in [3.05, 3.63) is 63.9 Å². The lowest BCUT2D eigenvalue weighted by Gasteiger charge is -2.10. The van der Waals surface area contributed by atoms with Crippen LogP contribution < -0.4 is 10.6 Å². The number of nitrogens with zero attached hydrogens (tertiary/aromatic N) is 4. The van der Waals surface area contributed by atoms with Crippen LogP contribution in [0.25, 0.3) is 5.82 Å². The standard InChI is InChI=1S/C21H24ClFN6O/c1-13-10-14(2)29(28-13)20-12-19(26-15(3)27-20)24-8-9-25-21(30)7-5-16-4-6-18(23)17(22)11-16/h4,6,10-12H,5,7-9H2,1-3H3,(H,25,30)(H,24,26,27). The molecule has 0 saturated carbocycles. The van der Waals surface area contributed by atoms with Crippen molar-refractivity contribution in [3.63, 3.8) is 0 Å². The molecule has 30 heavy (non-hydrogen) atoms. The fourth-order valence-electron chi connectivity index (χ4n) is 3.05. The number of hydrogen-bond acceptors (Lipinski definition) is 5. The second kappa shape index (κ2) is 9.67. The van der Waals surface area contributed by atoms with Crippen molar-refractivity contribution in [2.45, 2.75) is 33.6 Å². The minimum absolute atomic E-state index is 0.0667. The van der Waals surface area contributed by atoms with Crippen molar-refractivity contribution >= 4 is 23.3 Å². The first-order chi connectivity index (χ1) is 14.3. The molecule has 1 aromatic carbocycles. The molecular formula is C21H24ClFN6O. The van der Waals surface area contributed by atoms with Crippen LogP contribution in [0.5, 0.6) is 0 Å². The molecule has 7 nitrogen and oxygen atoms in total. The summed E-state index contributed by atoms with van der Waals surface area (Å²) in [5, 5.41) is 10.6. The number of anilines is 1. The minimum atomic E-state index is -0.461. The second-order valence-electron chi connectivity index (χ2n) is 7.02. The molecule has 0 aliphatic rings. The molecule has 0 atom stereocenters. The highest BCUT2D eigenvalue weighted by Gasteiger charge is 2.09. The smallest absolute Gasteiger partial charge is 0.220 e. The van der Waals surface area contributed by atoms with Gasteiger partial charge in [0.2, 0.25) is 5.91 Å². The maximum absolute atomic E-state index is 13.2. The van der Waals surface area contributed by atoms with E-state index in [0.717, 1.165) is 17.0 Å². The van der Waals surface area contributed by atoms with Crippen molar-refractivity contribution < 1.29 is 9.18 Å². The summed E-state index contributed by atoms with van der Waals surface area (Å²) >= 11 is 5.76. The Labute approximate surface area is 179 Å². The van der Waals surface area contributed by atoms with Gasteiger partial charge in [0.15, 0.2) is 5.82 Å². The molecule has 3 aromatic rings. The molecule has 0 unspecified atom stereocenters. The van der Waals surface area contributed by atoms with E-state index in [9.17, 15) is 9.18 Å². The average Bonchev–Trinajstić information content (AvgIpc) is 3.04. The van der Waals surface area contributed by atoms with E-state index in [1.165, 1.54) is 6.07 Å². The number of aryl methyl sites for hydroxylation is 4. The number of rotatable bonds is 8. The van der Waals surface area contributed by atoms with Crippen molar-refractivity contribution in [3.8, 4) is 5.82 Å². The zero-order valence-electron chi connectivity index (χ0n) is 17.2. The van der Waals surface area contributed by atoms with Gasteiger partial charge in [0.25, 0.3) is 0 Å². The van der Waals surface area contributed by atoms with Gasteiger partial charge in [0, 0.05) is 31.3 Å². The van der Waals surface area contributed by atoms with Crippen LogP contribution >= 0.6 is 11.6 Å². The quantitative estimate of drug-likeness (QED) is 0.534. The predicted molar refractivity (Wildman–Crippen MR) is 115 cm³/mol. The SMILES string of the molecule is Cc1cc(C)n(-c2cc(NCCNC(=O)CCc3ccc(F)c(Cl)c3)nc(C)n2)n1. The molecule has 0 aliphatic carbocycles. The molecule has 0 fully saturated rings. The number of nitrogens with one attached hydrogen (secondary N) is 2. The Hall–Kier alpha value is -3.00. The van der Waals surface area contributed by atoms with Crippen LogP contribution in [0.2, 0.25) is 5.02 Å². The maximum atomic E-state index is 13.2. The van der Waals surface area contributed by atoms with Crippen LogP contribution in [0.4, 0.5) is 10.2 Å². The van der Waals surface area contributed by atoms with Crippen molar-refractivity contribution in [1.82, 2.24) is 25.1 Å². The zero-order valence-corrected chi connectivity index (χ0v) is 17.9. The van der Waals surface area contributed by atoms with E-state index in [1.54, 1.807) is 16.8 Å². The van der Waals surface area contributed by atoms with Crippen LogP contribution in [0.3, 0.4) is 0 Å². The predicted octanol–water partition coefficient (Wildman–Crippen LogP) is 3.54. The molecule has 9 heteroatoms. The molecule has 1 amide bonds. The molecule has 2 heterocycles. The van der Waals surface area contributed by atoms with Gasteiger partial charge in [-0.2, -0.15) is 5.10 Å². The van der Waals surface area contributed by atoms with E-state index in [-0.39, 0.29) is 10.9 Å². The average molecular weight is 431 g/mol. The summed E-state index contributed by atoms with van der Waals surface area (Å²) in [4.78, 5) is 20.9. The fraction of sp³-hybridized carbons (Fsp3) is 0.333. The van der Waals surface area contributed by atoms with E-state index in [4.69, 9.17) is 11.6 Å². The van der Waals surface area contributed by atoms with Gasteiger partial charge in [-0.15, -0.1) is 0 Å². The van der Waals surface area contributed by atoms with Crippen LogP contribution in [-0.2, 0) is 11.2 Å². The molecule has 0 radical (unpaired) electrons. The van der Waals surface area contributed by atoms with Crippen molar-refractivity contribution in [2.24, 2.45) is 0 Å². The van der Waals surface area contributed by atoms with E-state index in [1.807, 2.05) is 32.9 Å². The van der Waals surface area contributed by atoms with E-state index >= 15 is 0 Å². The van der Waals surface area contributed by atoms with Crippen LogP contribution in [0.1, 0.15) is 29.2 Å². The molecule has 3 rings (SSSR count). The second-order valence-corrected chi connectivity index (χ2v) is 7.43. The van der Waals surface area contributed by atoms with E-state index in [0.29, 0.717) is 43.4 Å². The molecule has 2 N–H and O–H groups in total. The fourth-order valence-corrected chi connectivity index (χ4v) is 3.25. The van der Waals surface area contributed by atoms with Gasteiger partial charge >= 0.3 is 0 Å². The number of carbonyl (C=O) groups is 1. The van der Waals surface area contributed by atoms with Crippen molar-refractivity contribution in [1.29, 1.82) is 0 Å². The molecule has 0 bridgehead atoms. The molecule has 0 saturated heterocycles.